The van der Waals surface area contributed by atoms with Gasteiger partial charge >= 0.3 is 5.97 Å². The highest BCUT2D eigenvalue weighted by atomic mass is 35.5. The highest BCUT2D eigenvalue weighted by Gasteiger charge is 1.99. The van der Waals surface area contributed by atoms with E-state index in [-0.39, 0.29) is 0 Å². The molecule has 0 N–H and O–H groups in total. The molecule has 0 unspecified atom stereocenters. The summed E-state index contributed by atoms with van der Waals surface area (Å²) in [5, 5.41) is 0.611. The molecule has 0 bridgehead atoms. The van der Waals surface area contributed by atoms with Crippen molar-refractivity contribution in [1.82, 2.24) is 0 Å². The lowest BCUT2D eigenvalue weighted by Crippen LogP contribution is -1.98. The summed E-state index contributed by atoms with van der Waals surface area (Å²) in [7, 11) is 0. The molecule has 78 valence electrons. The van der Waals surface area contributed by atoms with Crippen molar-refractivity contribution >= 4 is 23.6 Å². The van der Waals surface area contributed by atoms with E-state index in [1.807, 2.05) is 18.2 Å². The van der Waals surface area contributed by atoms with Gasteiger partial charge in [-0.1, -0.05) is 36.4 Å². The smallest absolute Gasteiger partial charge is 0.337 e. The predicted molar refractivity (Wildman–Crippen MR) is 61.4 cm³/mol. The summed E-state index contributed by atoms with van der Waals surface area (Å²) < 4.78 is 4.78. The van der Waals surface area contributed by atoms with Crippen molar-refractivity contribution in [3.63, 3.8) is 0 Å². The first-order valence-electron chi connectivity index (χ1n) is 4.39. The number of hydrogen-bond acceptors (Lipinski definition) is 2. The maximum Gasteiger partial charge on any atom is 0.337 e. The average Bonchev–Trinajstić information content (AvgIpc) is 2.20. The molecule has 0 amide bonds. The van der Waals surface area contributed by atoms with Crippen molar-refractivity contribution < 1.29 is 9.53 Å². The molecule has 0 heterocycles. The van der Waals surface area contributed by atoms with E-state index in [0.717, 1.165) is 5.56 Å². The summed E-state index contributed by atoms with van der Waals surface area (Å²) >= 11 is 5.89. The fourth-order valence-corrected chi connectivity index (χ4v) is 1.08. The Kier molecular flexibility index (Phi) is 4.13. The van der Waals surface area contributed by atoms with E-state index in [1.54, 1.807) is 19.1 Å². The molecule has 0 atom stereocenters. The molecule has 0 aromatic heterocycles. The van der Waals surface area contributed by atoms with Crippen molar-refractivity contribution in [1.29, 1.82) is 0 Å². The topological polar surface area (TPSA) is 26.3 Å². The zero-order valence-corrected chi connectivity index (χ0v) is 9.12. The van der Waals surface area contributed by atoms with E-state index in [9.17, 15) is 4.79 Å². The largest absolute Gasteiger partial charge is 0.431 e. The molecule has 0 saturated carbocycles. The molecule has 2 nitrogen and oxygen atoms in total. The molecule has 0 aliphatic heterocycles. The Morgan fingerprint density at radius 1 is 1.47 bits per heavy atom. The van der Waals surface area contributed by atoms with Crippen LogP contribution in [0.25, 0.3) is 6.08 Å². The number of benzene rings is 1. The van der Waals surface area contributed by atoms with Gasteiger partial charge in [0, 0.05) is 10.6 Å². The molecular weight excluding hydrogens is 212 g/mol. The molecule has 0 saturated heterocycles. The van der Waals surface area contributed by atoms with Crippen LogP contribution < -0.4 is 0 Å². The number of halogens is 1. The third-order valence-electron chi connectivity index (χ3n) is 1.68. The van der Waals surface area contributed by atoms with E-state index < -0.39 is 5.97 Å². The Balaban J connectivity index is 2.63. The maximum atomic E-state index is 11.0. The fourth-order valence-electron chi connectivity index (χ4n) is 0.880. The van der Waals surface area contributed by atoms with E-state index in [2.05, 4.69) is 6.58 Å². The number of ether oxygens (including phenoxy) is 1. The number of carbonyl (C=O) groups excluding carboxylic acids is 1. The number of hydrogen-bond donors (Lipinski definition) is 0. The van der Waals surface area contributed by atoms with Crippen molar-refractivity contribution in [2.45, 2.75) is 6.92 Å². The highest BCUT2D eigenvalue weighted by Crippen LogP contribution is 2.16. The van der Waals surface area contributed by atoms with Crippen LogP contribution in [-0.4, -0.2) is 5.97 Å². The van der Waals surface area contributed by atoms with Gasteiger partial charge in [0.2, 0.25) is 0 Å². The minimum Gasteiger partial charge on any atom is -0.431 e. The van der Waals surface area contributed by atoms with Gasteiger partial charge in [-0.05, 0) is 24.6 Å². The van der Waals surface area contributed by atoms with Gasteiger partial charge in [0.15, 0.2) is 0 Å². The Morgan fingerprint density at radius 2 is 2.13 bits per heavy atom. The summed E-state index contributed by atoms with van der Waals surface area (Å²) in [6.45, 7) is 5.05. The van der Waals surface area contributed by atoms with Crippen LogP contribution in [0, 0.1) is 0 Å². The average molecular weight is 223 g/mol. The zero-order valence-electron chi connectivity index (χ0n) is 8.37. The minimum atomic E-state index is -0.446. The van der Waals surface area contributed by atoms with Crippen molar-refractivity contribution in [2.24, 2.45) is 0 Å². The zero-order chi connectivity index (χ0) is 11.3. The number of esters is 1. The van der Waals surface area contributed by atoms with E-state index in [4.69, 9.17) is 16.3 Å². The van der Waals surface area contributed by atoms with Crippen LogP contribution in [-0.2, 0) is 9.53 Å². The van der Waals surface area contributed by atoms with Gasteiger partial charge in [-0.3, -0.25) is 0 Å². The molecule has 1 aromatic carbocycles. The second-order valence-corrected chi connectivity index (χ2v) is 3.42. The fraction of sp³-hybridized carbons (Fsp3) is 0.0833. The molecule has 0 spiro atoms. The first kappa shape index (κ1) is 11.5. The summed E-state index contributed by atoms with van der Waals surface area (Å²) in [6, 6.07) is 7.28. The molecule has 0 aliphatic carbocycles. The summed E-state index contributed by atoms with van der Waals surface area (Å²) in [5.41, 5.74) is 1.16. The van der Waals surface area contributed by atoms with E-state index in [1.165, 1.54) is 6.26 Å². The lowest BCUT2D eigenvalue weighted by Gasteiger charge is -1.98. The Bertz CT molecular complexity index is 408. The monoisotopic (exact) mass is 222 g/mol. The van der Waals surface area contributed by atoms with Crippen LogP contribution in [0.1, 0.15) is 12.5 Å². The van der Waals surface area contributed by atoms with Gasteiger partial charge in [-0.15, -0.1) is 0 Å². The molecular formula is C12H11ClO2. The molecule has 0 fully saturated rings. The van der Waals surface area contributed by atoms with Gasteiger partial charge < -0.3 is 4.74 Å². The van der Waals surface area contributed by atoms with Gasteiger partial charge in [-0.2, -0.15) is 0 Å². The third-order valence-corrected chi connectivity index (χ3v) is 2.02. The molecule has 15 heavy (non-hydrogen) atoms. The summed E-state index contributed by atoms with van der Waals surface area (Å²) in [6.07, 6.45) is 2.93. The minimum absolute atomic E-state index is 0.360. The van der Waals surface area contributed by atoms with Gasteiger partial charge in [0.05, 0.1) is 6.26 Å². The van der Waals surface area contributed by atoms with Crippen LogP contribution in [0.5, 0.6) is 0 Å². The number of rotatable bonds is 3. The standard InChI is InChI=1S/C12H11ClO2/c1-9(2)12(14)15-8-7-10-5-3-4-6-11(10)13/h3-8H,1H2,2H3. The Hall–Kier alpha value is -1.54. The number of carbonyl (C=O) groups is 1. The third kappa shape index (κ3) is 3.60. The normalized spacial score (nSPS) is 10.3. The lowest BCUT2D eigenvalue weighted by molar-refractivity contribution is -0.133. The van der Waals surface area contributed by atoms with Crippen LogP contribution in [0.2, 0.25) is 5.02 Å². The second-order valence-electron chi connectivity index (χ2n) is 3.01. The maximum absolute atomic E-state index is 11.0. The van der Waals surface area contributed by atoms with E-state index in [0.29, 0.717) is 10.6 Å². The molecule has 3 heteroatoms. The second kappa shape index (κ2) is 5.37. The van der Waals surface area contributed by atoms with Crippen molar-refractivity contribution in [2.75, 3.05) is 0 Å². The first-order chi connectivity index (χ1) is 7.11. The Labute approximate surface area is 93.8 Å². The summed E-state index contributed by atoms with van der Waals surface area (Å²) in [5.74, 6) is -0.446. The lowest BCUT2D eigenvalue weighted by atomic mass is 10.2. The first-order valence-corrected chi connectivity index (χ1v) is 4.76. The van der Waals surface area contributed by atoms with Gasteiger partial charge in [-0.25, -0.2) is 4.79 Å². The highest BCUT2D eigenvalue weighted by molar-refractivity contribution is 6.32. The van der Waals surface area contributed by atoms with Crippen LogP contribution in [0.3, 0.4) is 0 Å². The van der Waals surface area contributed by atoms with E-state index >= 15 is 0 Å². The van der Waals surface area contributed by atoms with Gasteiger partial charge in [0.25, 0.3) is 0 Å². The molecule has 0 radical (unpaired) electrons. The summed E-state index contributed by atoms with van der Waals surface area (Å²) in [4.78, 5) is 11.0. The SMILES string of the molecule is C=C(C)C(=O)OC=Cc1ccccc1Cl. The van der Waals surface area contributed by atoms with Crippen LogP contribution >= 0.6 is 11.6 Å². The predicted octanol–water partition coefficient (Wildman–Crippen LogP) is 3.43. The van der Waals surface area contributed by atoms with Gasteiger partial charge in [0.1, 0.15) is 0 Å². The van der Waals surface area contributed by atoms with Crippen LogP contribution in [0.4, 0.5) is 0 Å². The Morgan fingerprint density at radius 3 is 2.73 bits per heavy atom. The van der Waals surface area contributed by atoms with Crippen molar-refractivity contribution in [3.8, 4) is 0 Å². The molecule has 1 aromatic rings. The van der Waals surface area contributed by atoms with Crippen molar-refractivity contribution in [3.05, 3.63) is 53.3 Å². The molecule has 1 rings (SSSR count). The molecule has 0 aliphatic rings. The van der Waals surface area contributed by atoms with Crippen LogP contribution in [0.15, 0.2) is 42.7 Å². The quantitative estimate of drug-likeness (QED) is 0.445.